The lowest BCUT2D eigenvalue weighted by molar-refractivity contribution is 0.313. The third-order valence-corrected chi connectivity index (χ3v) is 4.67. The highest BCUT2D eigenvalue weighted by atomic mass is 35.5. The zero-order chi connectivity index (χ0) is 14.1. The van der Waals surface area contributed by atoms with Crippen molar-refractivity contribution in [2.75, 3.05) is 31.1 Å². The molecule has 0 spiro atoms. The van der Waals surface area contributed by atoms with Crippen LogP contribution in [0.5, 0.6) is 0 Å². The molecular weight excluding hydrogens is 289 g/mol. The van der Waals surface area contributed by atoms with Crippen LogP contribution in [0.15, 0.2) is 18.2 Å². The molecule has 2 fully saturated rings. The van der Waals surface area contributed by atoms with Crippen LogP contribution >= 0.6 is 12.4 Å². The van der Waals surface area contributed by atoms with Gasteiger partial charge in [0.15, 0.2) is 0 Å². The Morgan fingerprint density at radius 3 is 2.57 bits per heavy atom. The van der Waals surface area contributed by atoms with E-state index in [-0.39, 0.29) is 24.3 Å². The highest BCUT2D eigenvalue weighted by molar-refractivity contribution is 5.85. The van der Waals surface area contributed by atoms with E-state index in [0.717, 1.165) is 37.4 Å². The van der Waals surface area contributed by atoms with Gasteiger partial charge in [-0.25, -0.2) is 4.39 Å². The van der Waals surface area contributed by atoms with Crippen LogP contribution < -0.4 is 10.6 Å². The van der Waals surface area contributed by atoms with Crippen molar-refractivity contribution in [3.8, 4) is 0 Å². The first-order chi connectivity index (χ1) is 9.65. The second-order valence-electron chi connectivity index (χ2n) is 6.27. The summed E-state index contributed by atoms with van der Waals surface area (Å²) >= 11 is 0. The predicted molar refractivity (Wildman–Crippen MR) is 87.5 cm³/mol. The van der Waals surface area contributed by atoms with Crippen molar-refractivity contribution >= 4 is 18.1 Å². The summed E-state index contributed by atoms with van der Waals surface area (Å²) in [6.45, 7) is 6.78. The van der Waals surface area contributed by atoms with Gasteiger partial charge in [-0.05, 0) is 30.9 Å². The van der Waals surface area contributed by atoms with Crippen LogP contribution in [0.3, 0.4) is 0 Å². The Morgan fingerprint density at radius 2 is 1.95 bits per heavy atom. The van der Waals surface area contributed by atoms with E-state index in [1.54, 1.807) is 6.07 Å². The van der Waals surface area contributed by atoms with Gasteiger partial charge in [0.05, 0.1) is 0 Å². The number of hydrogen-bond donors (Lipinski definition) is 1. The Bertz CT molecular complexity index is 467. The maximum Gasteiger partial charge on any atom is 0.129 e. The molecule has 2 heterocycles. The van der Waals surface area contributed by atoms with Crippen molar-refractivity contribution in [1.29, 1.82) is 0 Å². The number of likely N-dealkylation sites (tertiary alicyclic amines) is 1. The zero-order valence-corrected chi connectivity index (χ0v) is 13.4. The number of nitrogens with zero attached hydrogens (tertiary/aromatic N) is 2. The van der Waals surface area contributed by atoms with Gasteiger partial charge < -0.3 is 10.6 Å². The van der Waals surface area contributed by atoms with Crippen molar-refractivity contribution in [2.24, 2.45) is 11.7 Å². The van der Waals surface area contributed by atoms with Gasteiger partial charge in [-0.15, -0.1) is 12.4 Å². The summed E-state index contributed by atoms with van der Waals surface area (Å²) in [4.78, 5) is 4.60. The van der Waals surface area contributed by atoms with Gasteiger partial charge in [-0.1, -0.05) is 13.0 Å². The van der Waals surface area contributed by atoms with Crippen molar-refractivity contribution < 1.29 is 4.39 Å². The number of hydrogen-bond acceptors (Lipinski definition) is 3. The number of benzene rings is 1. The molecule has 0 amide bonds. The van der Waals surface area contributed by atoms with Gasteiger partial charge in [0, 0.05) is 50.0 Å². The Hall–Kier alpha value is -0.840. The number of halogens is 2. The van der Waals surface area contributed by atoms with Crippen LogP contribution in [0.1, 0.15) is 25.3 Å². The Labute approximate surface area is 132 Å². The van der Waals surface area contributed by atoms with E-state index < -0.39 is 0 Å². The molecular formula is C16H25ClFN3. The van der Waals surface area contributed by atoms with E-state index in [0.29, 0.717) is 12.5 Å². The Morgan fingerprint density at radius 1 is 1.24 bits per heavy atom. The summed E-state index contributed by atoms with van der Waals surface area (Å²) in [5.41, 5.74) is 8.00. The van der Waals surface area contributed by atoms with Crippen LogP contribution in [-0.4, -0.2) is 37.1 Å². The minimum absolute atomic E-state index is 0. The molecule has 3 nitrogen and oxygen atoms in total. The molecule has 2 N–H and O–H groups in total. The largest absolute Gasteiger partial charge is 0.371 e. The first-order valence-electron chi connectivity index (χ1n) is 7.65. The number of rotatable bonds is 3. The number of anilines is 1. The fraction of sp³-hybridized carbons (Fsp3) is 0.625. The third kappa shape index (κ3) is 3.50. The van der Waals surface area contributed by atoms with Crippen molar-refractivity contribution in [2.45, 2.75) is 32.4 Å². The molecule has 0 aliphatic carbocycles. The second-order valence-corrected chi connectivity index (χ2v) is 6.27. The van der Waals surface area contributed by atoms with E-state index in [1.807, 2.05) is 6.07 Å². The quantitative estimate of drug-likeness (QED) is 0.931. The molecule has 1 aromatic carbocycles. The summed E-state index contributed by atoms with van der Waals surface area (Å²) in [6, 6.07) is 5.68. The molecule has 0 aromatic heterocycles. The van der Waals surface area contributed by atoms with Crippen molar-refractivity contribution in [1.82, 2.24) is 4.90 Å². The minimum Gasteiger partial charge on any atom is -0.371 e. The predicted octanol–water partition coefficient (Wildman–Crippen LogP) is 2.63. The van der Waals surface area contributed by atoms with Crippen LogP contribution in [0, 0.1) is 11.7 Å². The Kier molecular flexibility index (Phi) is 5.47. The van der Waals surface area contributed by atoms with Gasteiger partial charge in [-0.3, -0.25) is 4.90 Å². The van der Waals surface area contributed by atoms with Gasteiger partial charge in [0.2, 0.25) is 0 Å². The second kappa shape index (κ2) is 6.95. The van der Waals surface area contributed by atoms with E-state index >= 15 is 0 Å². The Balaban J connectivity index is 0.00000161. The maximum absolute atomic E-state index is 14.3. The van der Waals surface area contributed by atoms with E-state index in [9.17, 15) is 4.39 Å². The van der Waals surface area contributed by atoms with Crippen molar-refractivity contribution in [3.05, 3.63) is 29.6 Å². The van der Waals surface area contributed by atoms with Crippen LogP contribution in [0.25, 0.3) is 0 Å². The average Bonchev–Trinajstić information content (AvgIpc) is 3.03. The van der Waals surface area contributed by atoms with Crippen LogP contribution in [-0.2, 0) is 6.54 Å². The van der Waals surface area contributed by atoms with E-state index in [1.165, 1.54) is 12.8 Å². The smallest absolute Gasteiger partial charge is 0.129 e. The van der Waals surface area contributed by atoms with Crippen LogP contribution in [0.4, 0.5) is 10.1 Å². The van der Waals surface area contributed by atoms with Gasteiger partial charge in [0.25, 0.3) is 0 Å². The summed E-state index contributed by atoms with van der Waals surface area (Å²) < 4.78 is 14.3. The standard InChI is InChI=1S/C16H24FN3.ClH/c1-12-9-19(11-15(12)18)10-13-14(17)5-4-6-16(13)20-7-2-3-8-20;/h4-6,12,15H,2-3,7-11,18H2,1H3;1H. The molecule has 2 aliphatic heterocycles. The molecule has 2 atom stereocenters. The fourth-order valence-electron chi connectivity index (χ4n) is 3.41. The minimum atomic E-state index is -0.0810. The fourth-order valence-corrected chi connectivity index (χ4v) is 3.41. The van der Waals surface area contributed by atoms with Gasteiger partial charge >= 0.3 is 0 Å². The van der Waals surface area contributed by atoms with Gasteiger partial charge in [0.1, 0.15) is 5.82 Å². The van der Waals surface area contributed by atoms with Crippen LogP contribution in [0.2, 0.25) is 0 Å². The monoisotopic (exact) mass is 313 g/mol. The molecule has 2 unspecified atom stereocenters. The normalized spacial score (nSPS) is 26.1. The average molecular weight is 314 g/mol. The molecule has 2 saturated heterocycles. The summed E-state index contributed by atoms with van der Waals surface area (Å²) in [7, 11) is 0. The highest BCUT2D eigenvalue weighted by Crippen LogP contribution is 2.29. The molecule has 0 radical (unpaired) electrons. The highest BCUT2D eigenvalue weighted by Gasteiger charge is 2.28. The molecule has 5 heteroatoms. The lowest BCUT2D eigenvalue weighted by atomic mass is 10.1. The van der Waals surface area contributed by atoms with E-state index in [4.69, 9.17) is 5.73 Å². The molecule has 2 aliphatic rings. The topological polar surface area (TPSA) is 32.5 Å². The summed E-state index contributed by atoms with van der Waals surface area (Å²) in [5, 5.41) is 0. The first kappa shape index (κ1) is 16.5. The molecule has 0 saturated carbocycles. The zero-order valence-electron chi connectivity index (χ0n) is 12.6. The number of nitrogens with two attached hydrogens (primary N) is 1. The van der Waals surface area contributed by atoms with E-state index in [2.05, 4.69) is 22.8 Å². The summed E-state index contributed by atoms with van der Waals surface area (Å²) in [6.07, 6.45) is 2.42. The molecule has 118 valence electrons. The first-order valence-corrected chi connectivity index (χ1v) is 7.65. The summed E-state index contributed by atoms with van der Waals surface area (Å²) in [5.74, 6) is 0.416. The lowest BCUT2D eigenvalue weighted by Gasteiger charge is -2.24. The van der Waals surface area contributed by atoms with Gasteiger partial charge in [-0.2, -0.15) is 0 Å². The molecule has 3 rings (SSSR count). The third-order valence-electron chi connectivity index (χ3n) is 4.67. The molecule has 0 bridgehead atoms. The molecule has 1 aromatic rings. The maximum atomic E-state index is 14.3. The lowest BCUT2D eigenvalue weighted by Crippen LogP contribution is -2.29. The van der Waals surface area contributed by atoms with Crippen molar-refractivity contribution in [3.63, 3.8) is 0 Å². The SMILES string of the molecule is CC1CN(Cc2c(F)cccc2N2CCCC2)CC1N.Cl. The molecule has 21 heavy (non-hydrogen) atoms.